The molecule has 0 saturated heterocycles. The van der Waals surface area contributed by atoms with E-state index in [4.69, 9.17) is 0 Å². The summed E-state index contributed by atoms with van der Waals surface area (Å²) in [6, 6.07) is 58.3. The summed E-state index contributed by atoms with van der Waals surface area (Å²) in [7, 11) is 0. The molecule has 0 radical (unpaired) electrons. The fourth-order valence-corrected chi connectivity index (χ4v) is 8.91. The van der Waals surface area contributed by atoms with Crippen molar-refractivity contribution in [3.8, 4) is 27.9 Å². The van der Waals surface area contributed by atoms with Gasteiger partial charge in [-0.15, -0.1) is 0 Å². The predicted octanol–water partition coefficient (Wildman–Crippen LogP) is 10.5. The van der Waals surface area contributed by atoms with Gasteiger partial charge in [0.05, 0.1) is 11.0 Å². The standard InChI is InChI=1S/C42H29NO2S2/c44-46(31-18-6-2-7-19-31)39-28-12-10-22-33(39)35-24-14-26-37-38-27-15-25-36(42(38)43(41(35)37)30-16-4-1-5-17-30)34-23-11-13-29-40(34)47(45)32-20-8-3-9-21-32/h1-29H. The maximum absolute atomic E-state index is 14.0. The number of para-hydroxylation sites is 3. The molecule has 226 valence electrons. The van der Waals surface area contributed by atoms with E-state index in [2.05, 4.69) is 77.4 Å². The van der Waals surface area contributed by atoms with Gasteiger partial charge in [-0.05, 0) is 60.7 Å². The Kier molecular flexibility index (Phi) is 7.89. The SMILES string of the molecule is [O-][S+](c1ccccc1)c1ccccc1-c1cccc2c3cccc(-c4ccccc4[S+]([O-])c4ccccc4)c3n(-c3ccccc3)c12. The van der Waals surface area contributed by atoms with Crippen molar-refractivity contribution in [2.45, 2.75) is 19.6 Å². The number of benzene rings is 7. The molecule has 1 aromatic heterocycles. The summed E-state index contributed by atoms with van der Waals surface area (Å²) in [6.07, 6.45) is 0. The first-order chi connectivity index (χ1) is 23.2. The van der Waals surface area contributed by atoms with Crippen molar-refractivity contribution in [1.29, 1.82) is 0 Å². The zero-order chi connectivity index (χ0) is 31.7. The second-order valence-electron chi connectivity index (χ2n) is 11.2. The maximum Gasteiger partial charge on any atom is 0.166 e. The van der Waals surface area contributed by atoms with Crippen molar-refractivity contribution in [2.75, 3.05) is 0 Å². The van der Waals surface area contributed by atoms with E-state index in [1.54, 1.807) is 0 Å². The summed E-state index contributed by atoms with van der Waals surface area (Å²) >= 11 is -2.75. The van der Waals surface area contributed by atoms with Crippen LogP contribution in [0.2, 0.25) is 0 Å². The molecular weight excluding hydrogens is 615 g/mol. The smallest absolute Gasteiger partial charge is 0.166 e. The molecule has 0 aliphatic rings. The predicted molar refractivity (Wildman–Crippen MR) is 194 cm³/mol. The zero-order valence-corrected chi connectivity index (χ0v) is 27.0. The van der Waals surface area contributed by atoms with Gasteiger partial charge in [-0.2, -0.15) is 0 Å². The fraction of sp³-hybridized carbons (Fsp3) is 0. The van der Waals surface area contributed by atoms with Crippen LogP contribution in [-0.4, -0.2) is 13.7 Å². The Hall–Kier alpha value is -5.04. The summed E-state index contributed by atoms with van der Waals surface area (Å²) in [5, 5.41) is 2.18. The van der Waals surface area contributed by atoms with Gasteiger partial charge in [0.1, 0.15) is 0 Å². The molecule has 1 heterocycles. The van der Waals surface area contributed by atoms with Crippen LogP contribution < -0.4 is 0 Å². The fourth-order valence-electron chi connectivity index (χ4n) is 6.43. The summed E-state index contributed by atoms with van der Waals surface area (Å²) in [4.78, 5) is 3.06. The number of hydrogen-bond acceptors (Lipinski definition) is 2. The molecule has 8 aromatic rings. The summed E-state index contributed by atoms with van der Waals surface area (Å²) in [6.45, 7) is 0. The third kappa shape index (κ3) is 5.24. The van der Waals surface area contributed by atoms with E-state index in [1.807, 2.05) is 103 Å². The lowest BCUT2D eigenvalue weighted by Gasteiger charge is -2.17. The Balaban J connectivity index is 1.44. The molecule has 0 amide bonds. The Labute approximate surface area is 280 Å². The average Bonchev–Trinajstić information content (AvgIpc) is 3.50. The Morgan fingerprint density at radius 2 is 0.702 bits per heavy atom. The number of rotatable bonds is 7. The molecule has 47 heavy (non-hydrogen) atoms. The van der Waals surface area contributed by atoms with Crippen LogP contribution in [0.3, 0.4) is 0 Å². The van der Waals surface area contributed by atoms with Crippen molar-refractivity contribution in [3.05, 3.63) is 176 Å². The highest BCUT2D eigenvalue weighted by atomic mass is 32.2. The normalized spacial score (nSPS) is 12.7. The summed E-state index contributed by atoms with van der Waals surface area (Å²) < 4.78 is 30.4. The molecule has 0 aliphatic heterocycles. The Morgan fingerprint density at radius 1 is 0.340 bits per heavy atom. The van der Waals surface area contributed by atoms with Crippen LogP contribution in [0, 0.1) is 0 Å². The molecule has 0 saturated carbocycles. The van der Waals surface area contributed by atoms with Crippen LogP contribution in [-0.2, 0) is 22.4 Å². The van der Waals surface area contributed by atoms with E-state index >= 15 is 0 Å². The van der Waals surface area contributed by atoms with Crippen molar-refractivity contribution in [2.24, 2.45) is 0 Å². The highest BCUT2D eigenvalue weighted by Crippen LogP contribution is 2.44. The number of fused-ring (bicyclic) bond motifs is 3. The minimum Gasteiger partial charge on any atom is -0.606 e. The van der Waals surface area contributed by atoms with E-state index in [9.17, 15) is 9.11 Å². The third-order valence-corrected chi connectivity index (χ3v) is 11.4. The topological polar surface area (TPSA) is 51.0 Å². The van der Waals surface area contributed by atoms with Gasteiger partial charge in [0.2, 0.25) is 0 Å². The van der Waals surface area contributed by atoms with Gasteiger partial charge in [-0.3, -0.25) is 0 Å². The van der Waals surface area contributed by atoms with E-state index in [0.29, 0.717) is 0 Å². The van der Waals surface area contributed by atoms with E-state index in [-0.39, 0.29) is 0 Å². The van der Waals surface area contributed by atoms with Gasteiger partial charge in [-0.25, -0.2) is 0 Å². The minimum absolute atomic E-state index is 0.764. The van der Waals surface area contributed by atoms with Gasteiger partial charge >= 0.3 is 0 Å². The first-order valence-electron chi connectivity index (χ1n) is 15.4. The van der Waals surface area contributed by atoms with E-state index in [1.165, 1.54) is 0 Å². The van der Waals surface area contributed by atoms with Crippen molar-refractivity contribution >= 4 is 44.2 Å². The second-order valence-corrected chi connectivity index (χ2v) is 14.1. The molecule has 2 unspecified atom stereocenters. The van der Waals surface area contributed by atoms with Gasteiger partial charge in [0.25, 0.3) is 0 Å². The molecule has 5 heteroatoms. The van der Waals surface area contributed by atoms with Crippen LogP contribution in [0.15, 0.2) is 196 Å². The van der Waals surface area contributed by atoms with E-state index < -0.39 is 22.4 Å². The van der Waals surface area contributed by atoms with E-state index in [0.717, 1.165) is 69.3 Å². The van der Waals surface area contributed by atoms with Gasteiger partial charge in [0.15, 0.2) is 19.6 Å². The van der Waals surface area contributed by atoms with Gasteiger partial charge < -0.3 is 13.7 Å². The monoisotopic (exact) mass is 643 g/mol. The number of aromatic nitrogens is 1. The number of hydrogen-bond donors (Lipinski definition) is 0. The summed E-state index contributed by atoms with van der Waals surface area (Å²) in [5.41, 5.74) is 6.90. The lowest BCUT2D eigenvalue weighted by molar-refractivity contribution is 0.594. The molecule has 0 fully saturated rings. The molecule has 0 spiro atoms. The molecule has 0 N–H and O–H groups in total. The quantitative estimate of drug-likeness (QED) is 0.162. The van der Waals surface area contributed by atoms with Crippen molar-refractivity contribution < 1.29 is 9.11 Å². The van der Waals surface area contributed by atoms with Crippen LogP contribution in [0.1, 0.15) is 0 Å². The Bertz CT molecular complexity index is 2190. The molecule has 3 nitrogen and oxygen atoms in total. The zero-order valence-electron chi connectivity index (χ0n) is 25.3. The van der Waals surface area contributed by atoms with Crippen LogP contribution in [0.5, 0.6) is 0 Å². The van der Waals surface area contributed by atoms with Crippen LogP contribution in [0.4, 0.5) is 0 Å². The first kappa shape index (κ1) is 29.4. The maximum atomic E-state index is 14.0. The lowest BCUT2D eigenvalue weighted by Crippen LogP contribution is -2.05. The van der Waals surface area contributed by atoms with Crippen LogP contribution >= 0.6 is 0 Å². The molecule has 8 rings (SSSR count). The third-order valence-electron chi connectivity index (χ3n) is 8.49. The lowest BCUT2D eigenvalue weighted by atomic mass is 10.00. The van der Waals surface area contributed by atoms with Crippen molar-refractivity contribution in [1.82, 2.24) is 4.57 Å². The highest BCUT2D eigenvalue weighted by molar-refractivity contribution is 7.92. The second kappa shape index (κ2) is 12.6. The number of nitrogens with zero attached hydrogens (tertiary/aromatic N) is 1. The Morgan fingerprint density at radius 3 is 1.15 bits per heavy atom. The first-order valence-corrected chi connectivity index (χ1v) is 17.7. The molecule has 0 aliphatic carbocycles. The highest BCUT2D eigenvalue weighted by Gasteiger charge is 2.26. The van der Waals surface area contributed by atoms with Gasteiger partial charge in [0, 0.05) is 61.1 Å². The molecular formula is C42H29NO2S2. The average molecular weight is 644 g/mol. The molecule has 0 bridgehead atoms. The summed E-state index contributed by atoms with van der Waals surface area (Å²) in [5.74, 6) is 0. The van der Waals surface area contributed by atoms with Crippen molar-refractivity contribution in [3.63, 3.8) is 0 Å². The minimum atomic E-state index is -1.37. The molecule has 2 atom stereocenters. The van der Waals surface area contributed by atoms with Gasteiger partial charge in [-0.1, -0.05) is 115 Å². The largest absolute Gasteiger partial charge is 0.606 e. The van der Waals surface area contributed by atoms with Crippen LogP contribution in [0.25, 0.3) is 49.7 Å². The molecule has 7 aromatic carbocycles.